The van der Waals surface area contributed by atoms with Gasteiger partial charge in [0.15, 0.2) is 0 Å². The van der Waals surface area contributed by atoms with E-state index in [1.54, 1.807) is 11.8 Å². The van der Waals surface area contributed by atoms with Gasteiger partial charge in [-0.3, -0.25) is 0 Å². The Morgan fingerprint density at radius 1 is 1.14 bits per heavy atom. The second kappa shape index (κ2) is 7.19. The number of nitrogens with one attached hydrogen (secondary N) is 1. The second-order valence-corrected chi connectivity index (χ2v) is 8.27. The molecule has 112 valence electrons. The Labute approximate surface area is 144 Å². The van der Waals surface area contributed by atoms with Crippen LogP contribution >= 0.6 is 39.3 Å². The van der Waals surface area contributed by atoms with Crippen molar-refractivity contribution in [3.8, 4) is 0 Å². The van der Waals surface area contributed by atoms with Crippen LogP contribution in [0.3, 0.4) is 0 Å². The molecule has 0 heterocycles. The van der Waals surface area contributed by atoms with Gasteiger partial charge in [0.25, 0.3) is 0 Å². The van der Waals surface area contributed by atoms with Crippen LogP contribution in [0.2, 0.25) is 5.02 Å². The van der Waals surface area contributed by atoms with Gasteiger partial charge in [-0.05, 0) is 50.6 Å². The smallest absolute Gasteiger partial charge is 0.0545 e. The van der Waals surface area contributed by atoms with Crippen LogP contribution in [0.5, 0.6) is 0 Å². The molecule has 0 saturated heterocycles. The van der Waals surface area contributed by atoms with Crippen molar-refractivity contribution in [3.63, 3.8) is 0 Å². The molecular formula is C17H19BrClNS. The fourth-order valence-electron chi connectivity index (χ4n) is 1.75. The third-order valence-corrected chi connectivity index (χ3v) is 5.14. The first kappa shape index (κ1) is 16.9. The van der Waals surface area contributed by atoms with Crippen molar-refractivity contribution in [2.45, 2.75) is 42.6 Å². The van der Waals surface area contributed by atoms with Crippen molar-refractivity contribution in [3.05, 3.63) is 57.5 Å². The molecule has 2 aromatic carbocycles. The Hall–Kier alpha value is -0.480. The highest BCUT2D eigenvalue weighted by Gasteiger charge is 2.10. The summed E-state index contributed by atoms with van der Waals surface area (Å²) in [5.41, 5.74) is 1.37. The average molecular weight is 385 g/mol. The Kier molecular flexibility index (Phi) is 5.78. The third-order valence-electron chi connectivity index (χ3n) is 2.90. The first-order valence-electron chi connectivity index (χ1n) is 6.81. The summed E-state index contributed by atoms with van der Waals surface area (Å²) in [7, 11) is 0. The van der Waals surface area contributed by atoms with Crippen LogP contribution in [-0.2, 0) is 6.54 Å². The first-order chi connectivity index (χ1) is 9.85. The topological polar surface area (TPSA) is 12.0 Å². The Morgan fingerprint density at radius 2 is 1.86 bits per heavy atom. The SMILES string of the molecule is CC(C)(C)NCc1ccc(Sc2ccccc2Cl)cc1Br. The van der Waals surface area contributed by atoms with Crippen molar-refractivity contribution >= 4 is 39.3 Å². The molecule has 21 heavy (non-hydrogen) atoms. The summed E-state index contributed by atoms with van der Waals surface area (Å²) >= 11 is 11.5. The normalized spacial score (nSPS) is 11.7. The molecule has 1 N–H and O–H groups in total. The second-order valence-electron chi connectivity index (χ2n) is 5.89. The molecule has 1 nitrogen and oxygen atoms in total. The highest BCUT2D eigenvalue weighted by Crippen LogP contribution is 2.35. The van der Waals surface area contributed by atoms with Gasteiger partial charge in [0.2, 0.25) is 0 Å². The van der Waals surface area contributed by atoms with Crippen molar-refractivity contribution in [2.75, 3.05) is 0 Å². The fraction of sp³-hybridized carbons (Fsp3) is 0.294. The number of benzene rings is 2. The Morgan fingerprint density at radius 3 is 2.48 bits per heavy atom. The minimum atomic E-state index is 0.116. The molecule has 0 aliphatic carbocycles. The van der Waals surface area contributed by atoms with Crippen LogP contribution in [0.1, 0.15) is 26.3 Å². The molecule has 4 heteroatoms. The predicted octanol–water partition coefficient (Wildman–Crippen LogP) is 6.14. The van der Waals surface area contributed by atoms with E-state index in [1.165, 1.54) is 10.5 Å². The Bertz CT molecular complexity index is 622. The highest BCUT2D eigenvalue weighted by atomic mass is 79.9. The lowest BCUT2D eigenvalue weighted by Gasteiger charge is -2.21. The van der Waals surface area contributed by atoms with E-state index in [1.807, 2.05) is 24.3 Å². The molecule has 0 atom stereocenters. The zero-order valence-electron chi connectivity index (χ0n) is 12.4. The highest BCUT2D eigenvalue weighted by molar-refractivity contribution is 9.10. The van der Waals surface area contributed by atoms with E-state index in [4.69, 9.17) is 11.6 Å². The van der Waals surface area contributed by atoms with Gasteiger partial charge in [0.05, 0.1) is 5.02 Å². The van der Waals surface area contributed by atoms with E-state index >= 15 is 0 Å². The van der Waals surface area contributed by atoms with Gasteiger partial charge >= 0.3 is 0 Å². The van der Waals surface area contributed by atoms with Crippen molar-refractivity contribution in [1.82, 2.24) is 5.32 Å². The summed E-state index contributed by atoms with van der Waals surface area (Å²) in [6.45, 7) is 7.36. The van der Waals surface area contributed by atoms with Gasteiger partial charge in [-0.15, -0.1) is 0 Å². The van der Waals surface area contributed by atoms with Gasteiger partial charge < -0.3 is 5.32 Å². The molecule has 0 unspecified atom stereocenters. The number of halogens is 2. The predicted molar refractivity (Wildman–Crippen MR) is 96.3 cm³/mol. The van der Waals surface area contributed by atoms with E-state index in [0.717, 1.165) is 20.9 Å². The van der Waals surface area contributed by atoms with Crippen molar-refractivity contribution < 1.29 is 0 Å². The fourth-order valence-corrected chi connectivity index (χ4v) is 3.55. The molecule has 2 aromatic rings. The molecule has 0 saturated carbocycles. The summed E-state index contributed by atoms with van der Waals surface area (Å²) in [4.78, 5) is 2.25. The summed E-state index contributed by atoms with van der Waals surface area (Å²) in [5.74, 6) is 0. The lowest BCUT2D eigenvalue weighted by Crippen LogP contribution is -2.35. The summed E-state index contributed by atoms with van der Waals surface area (Å²) in [6.07, 6.45) is 0. The van der Waals surface area contributed by atoms with Crippen LogP contribution in [-0.4, -0.2) is 5.54 Å². The van der Waals surface area contributed by atoms with Crippen LogP contribution in [0.25, 0.3) is 0 Å². The third kappa shape index (κ3) is 5.33. The molecule has 0 radical (unpaired) electrons. The van der Waals surface area contributed by atoms with Gasteiger partial charge in [-0.2, -0.15) is 0 Å². The minimum absolute atomic E-state index is 0.116. The van der Waals surface area contributed by atoms with E-state index in [0.29, 0.717) is 0 Å². The van der Waals surface area contributed by atoms with E-state index in [-0.39, 0.29) is 5.54 Å². The van der Waals surface area contributed by atoms with Crippen molar-refractivity contribution in [2.24, 2.45) is 0 Å². The van der Waals surface area contributed by atoms with Crippen LogP contribution in [0.4, 0.5) is 0 Å². The standard InChI is InChI=1S/C17H19BrClNS/c1-17(2,3)20-11-12-8-9-13(10-14(12)18)21-16-7-5-4-6-15(16)19/h4-10,20H,11H2,1-3H3. The number of rotatable bonds is 4. The molecule has 0 bridgehead atoms. The number of hydrogen-bond donors (Lipinski definition) is 1. The largest absolute Gasteiger partial charge is 0.308 e. The van der Waals surface area contributed by atoms with Crippen LogP contribution in [0, 0.1) is 0 Å². The molecule has 2 rings (SSSR count). The van der Waals surface area contributed by atoms with Crippen LogP contribution < -0.4 is 5.32 Å². The minimum Gasteiger partial charge on any atom is -0.308 e. The van der Waals surface area contributed by atoms with E-state index in [9.17, 15) is 0 Å². The maximum absolute atomic E-state index is 6.20. The molecular weight excluding hydrogens is 366 g/mol. The zero-order valence-corrected chi connectivity index (χ0v) is 15.6. The number of hydrogen-bond acceptors (Lipinski definition) is 2. The van der Waals surface area contributed by atoms with E-state index in [2.05, 4.69) is 60.2 Å². The quantitative estimate of drug-likeness (QED) is 0.679. The molecule has 0 aliphatic heterocycles. The lowest BCUT2D eigenvalue weighted by atomic mass is 10.1. The average Bonchev–Trinajstić information content (AvgIpc) is 2.39. The summed E-state index contributed by atoms with van der Waals surface area (Å²) in [6, 6.07) is 14.3. The van der Waals surface area contributed by atoms with E-state index < -0.39 is 0 Å². The molecule has 0 aliphatic rings. The summed E-state index contributed by atoms with van der Waals surface area (Å²) in [5, 5.41) is 4.29. The Balaban J connectivity index is 2.10. The summed E-state index contributed by atoms with van der Waals surface area (Å²) < 4.78 is 1.12. The van der Waals surface area contributed by atoms with Crippen molar-refractivity contribution in [1.29, 1.82) is 0 Å². The van der Waals surface area contributed by atoms with Gasteiger partial charge in [0, 0.05) is 26.3 Å². The first-order valence-corrected chi connectivity index (χ1v) is 8.80. The lowest BCUT2D eigenvalue weighted by molar-refractivity contribution is 0.424. The molecule has 0 spiro atoms. The van der Waals surface area contributed by atoms with Gasteiger partial charge in [-0.25, -0.2) is 0 Å². The molecule has 0 fully saturated rings. The zero-order chi connectivity index (χ0) is 15.5. The molecule has 0 amide bonds. The monoisotopic (exact) mass is 383 g/mol. The van der Waals surface area contributed by atoms with Crippen LogP contribution in [0.15, 0.2) is 56.7 Å². The van der Waals surface area contributed by atoms with Gasteiger partial charge in [-0.1, -0.05) is 57.5 Å². The molecule has 0 aromatic heterocycles. The van der Waals surface area contributed by atoms with Gasteiger partial charge in [0.1, 0.15) is 0 Å². The maximum Gasteiger partial charge on any atom is 0.0545 e. The maximum atomic E-state index is 6.20.